The SMILES string of the molecule is N#Cc1cccc(C#N)c1N=Nc1c(C#N)cccc1C#N. The smallest absolute Gasteiger partial charge is 0.121 e. The van der Waals surface area contributed by atoms with Crippen LogP contribution in [0.25, 0.3) is 0 Å². The Balaban J connectivity index is 2.62. The van der Waals surface area contributed by atoms with Crippen LogP contribution >= 0.6 is 0 Å². The fourth-order valence-corrected chi connectivity index (χ4v) is 1.76. The molecule has 0 fully saturated rings. The van der Waals surface area contributed by atoms with Crippen LogP contribution in [0.5, 0.6) is 0 Å². The van der Waals surface area contributed by atoms with Gasteiger partial charge in [-0.25, -0.2) is 0 Å². The summed E-state index contributed by atoms with van der Waals surface area (Å²) in [7, 11) is 0. The summed E-state index contributed by atoms with van der Waals surface area (Å²) >= 11 is 0. The molecule has 2 rings (SSSR count). The summed E-state index contributed by atoms with van der Waals surface area (Å²) in [5.74, 6) is 0. The third-order valence-electron chi connectivity index (χ3n) is 2.80. The lowest BCUT2D eigenvalue weighted by Crippen LogP contribution is -1.84. The minimum absolute atomic E-state index is 0.115. The number of rotatable bonds is 2. The first-order valence-corrected chi connectivity index (χ1v) is 6.03. The number of hydrogen-bond donors (Lipinski definition) is 0. The molecule has 0 bridgehead atoms. The summed E-state index contributed by atoms with van der Waals surface area (Å²) in [4.78, 5) is 0. The van der Waals surface area contributed by atoms with Crippen molar-refractivity contribution in [1.82, 2.24) is 0 Å². The molecule has 6 heteroatoms. The van der Waals surface area contributed by atoms with Gasteiger partial charge in [0.2, 0.25) is 0 Å². The van der Waals surface area contributed by atoms with E-state index in [4.69, 9.17) is 21.0 Å². The minimum Gasteiger partial charge on any atom is -0.192 e. The molecule has 0 N–H and O–H groups in total. The van der Waals surface area contributed by atoms with Gasteiger partial charge in [0.25, 0.3) is 0 Å². The van der Waals surface area contributed by atoms with Crippen LogP contribution in [0.3, 0.4) is 0 Å². The summed E-state index contributed by atoms with van der Waals surface area (Å²) in [5, 5.41) is 44.1. The highest BCUT2D eigenvalue weighted by Gasteiger charge is 2.10. The molecular weight excluding hydrogens is 276 g/mol. The Kier molecular flexibility index (Phi) is 4.22. The molecule has 0 spiro atoms. The van der Waals surface area contributed by atoms with Crippen LogP contribution in [0.2, 0.25) is 0 Å². The van der Waals surface area contributed by atoms with E-state index in [0.29, 0.717) is 0 Å². The van der Waals surface area contributed by atoms with Crippen molar-refractivity contribution in [3.63, 3.8) is 0 Å². The fourth-order valence-electron chi connectivity index (χ4n) is 1.76. The summed E-state index contributed by atoms with van der Waals surface area (Å²) in [6, 6.07) is 16.9. The van der Waals surface area contributed by atoms with Crippen molar-refractivity contribution in [3.05, 3.63) is 58.7 Å². The fraction of sp³-hybridized carbons (Fsp3) is 0. The van der Waals surface area contributed by atoms with Gasteiger partial charge in [-0.3, -0.25) is 0 Å². The molecule has 0 radical (unpaired) electrons. The van der Waals surface area contributed by atoms with Crippen molar-refractivity contribution in [2.24, 2.45) is 10.2 Å². The Hall–Kier alpha value is -4.00. The van der Waals surface area contributed by atoms with Gasteiger partial charge in [-0.1, -0.05) is 12.1 Å². The maximum Gasteiger partial charge on any atom is 0.121 e. The Labute approximate surface area is 126 Å². The average molecular weight is 282 g/mol. The Bertz CT molecular complexity index is 787. The van der Waals surface area contributed by atoms with Gasteiger partial charge < -0.3 is 0 Å². The number of azo groups is 1. The van der Waals surface area contributed by atoms with E-state index < -0.39 is 0 Å². The largest absolute Gasteiger partial charge is 0.192 e. The van der Waals surface area contributed by atoms with E-state index in [2.05, 4.69) is 10.2 Å². The first kappa shape index (κ1) is 14.4. The lowest BCUT2D eigenvalue weighted by Gasteiger charge is -2.01. The summed E-state index contributed by atoms with van der Waals surface area (Å²) < 4.78 is 0. The summed E-state index contributed by atoms with van der Waals surface area (Å²) in [6.07, 6.45) is 0. The Morgan fingerprint density at radius 1 is 0.545 bits per heavy atom. The lowest BCUT2D eigenvalue weighted by molar-refractivity contribution is 1.20. The highest BCUT2D eigenvalue weighted by molar-refractivity contribution is 5.65. The van der Waals surface area contributed by atoms with Crippen molar-refractivity contribution in [1.29, 1.82) is 21.0 Å². The molecule has 0 aliphatic heterocycles. The number of benzene rings is 2. The molecule has 0 unspecified atom stereocenters. The molecule has 2 aromatic rings. The Morgan fingerprint density at radius 2 is 0.818 bits per heavy atom. The zero-order chi connectivity index (χ0) is 15.9. The van der Waals surface area contributed by atoms with Gasteiger partial charge in [-0.2, -0.15) is 21.0 Å². The van der Waals surface area contributed by atoms with Crippen LogP contribution in [0.4, 0.5) is 11.4 Å². The molecule has 6 nitrogen and oxygen atoms in total. The van der Waals surface area contributed by atoms with Crippen LogP contribution in [-0.4, -0.2) is 0 Å². The van der Waals surface area contributed by atoms with Crippen LogP contribution in [-0.2, 0) is 0 Å². The van der Waals surface area contributed by atoms with Crippen LogP contribution in [0.15, 0.2) is 46.6 Å². The van der Waals surface area contributed by atoms with Gasteiger partial charge >= 0.3 is 0 Å². The third kappa shape index (κ3) is 2.63. The second kappa shape index (κ2) is 6.44. The molecule has 2 aromatic carbocycles. The summed E-state index contributed by atoms with van der Waals surface area (Å²) in [5.41, 5.74) is 0.992. The first-order chi connectivity index (χ1) is 10.7. The van der Waals surface area contributed by atoms with E-state index in [0.717, 1.165) is 0 Å². The molecule has 0 saturated heterocycles. The number of nitriles is 4. The molecule has 0 aliphatic carbocycles. The molecule has 22 heavy (non-hydrogen) atoms. The van der Waals surface area contributed by atoms with Crippen molar-refractivity contribution in [2.75, 3.05) is 0 Å². The van der Waals surface area contributed by atoms with Gasteiger partial charge in [-0.05, 0) is 24.3 Å². The van der Waals surface area contributed by atoms with Crippen molar-refractivity contribution in [2.45, 2.75) is 0 Å². The lowest BCUT2D eigenvalue weighted by atomic mass is 10.1. The van der Waals surface area contributed by atoms with Gasteiger partial charge in [0.15, 0.2) is 0 Å². The standard InChI is InChI=1S/C16H6N6/c17-7-11-3-1-4-12(8-18)15(11)21-22-16-13(9-19)5-2-6-14(16)10-20/h1-6H. The molecular formula is C16H6N6. The van der Waals surface area contributed by atoms with Gasteiger partial charge in [-0.15, -0.1) is 10.2 Å². The number of nitrogens with zero attached hydrogens (tertiary/aromatic N) is 6. The molecule has 0 aliphatic rings. The van der Waals surface area contributed by atoms with E-state index in [1.54, 1.807) is 12.1 Å². The van der Waals surface area contributed by atoms with Crippen molar-refractivity contribution >= 4 is 11.4 Å². The predicted molar refractivity (Wildman–Crippen MR) is 75.9 cm³/mol. The molecule has 0 atom stereocenters. The second-order valence-corrected chi connectivity index (χ2v) is 4.05. The Morgan fingerprint density at radius 3 is 1.05 bits per heavy atom. The molecule has 0 saturated carbocycles. The maximum absolute atomic E-state index is 9.07. The van der Waals surface area contributed by atoms with E-state index in [1.165, 1.54) is 24.3 Å². The highest BCUT2D eigenvalue weighted by atomic mass is 15.1. The molecule has 100 valence electrons. The normalized spacial score (nSPS) is 9.45. The maximum atomic E-state index is 9.07. The van der Waals surface area contributed by atoms with E-state index in [9.17, 15) is 0 Å². The molecule has 0 amide bonds. The zero-order valence-electron chi connectivity index (χ0n) is 11.1. The second-order valence-electron chi connectivity index (χ2n) is 4.05. The van der Waals surface area contributed by atoms with E-state index >= 15 is 0 Å². The zero-order valence-corrected chi connectivity index (χ0v) is 11.1. The van der Waals surface area contributed by atoms with Gasteiger partial charge in [0.05, 0.1) is 22.3 Å². The summed E-state index contributed by atoms with van der Waals surface area (Å²) in [6.45, 7) is 0. The molecule has 0 aromatic heterocycles. The van der Waals surface area contributed by atoms with Gasteiger partial charge in [0, 0.05) is 0 Å². The van der Waals surface area contributed by atoms with E-state index in [-0.39, 0.29) is 33.6 Å². The van der Waals surface area contributed by atoms with Crippen LogP contribution in [0, 0.1) is 45.3 Å². The average Bonchev–Trinajstić information content (AvgIpc) is 2.58. The van der Waals surface area contributed by atoms with Crippen molar-refractivity contribution < 1.29 is 0 Å². The van der Waals surface area contributed by atoms with Crippen molar-refractivity contribution in [3.8, 4) is 24.3 Å². The number of hydrogen-bond acceptors (Lipinski definition) is 6. The minimum atomic E-state index is 0.115. The van der Waals surface area contributed by atoms with Crippen LogP contribution < -0.4 is 0 Å². The van der Waals surface area contributed by atoms with E-state index in [1.807, 2.05) is 24.3 Å². The topological polar surface area (TPSA) is 120 Å². The molecule has 0 heterocycles. The quantitative estimate of drug-likeness (QED) is 0.781. The first-order valence-electron chi connectivity index (χ1n) is 6.03. The van der Waals surface area contributed by atoms with Crippen LogP contribution in [0.1, 0.15) is 22.3 Å². The predicted octanol–water partition coefficient (Wildman–Crippen LogP) is 3.59. The highest BCUT2D eigenvalue weighted by Crippen LogP contribution is 2.29. The third-order valence-corrected chi connectivity index (χ3v) is 2.80. The monoisotopic (exact) mass is 282 g/mol. The van der Waals surface area contributed by atoms with Gasteiger partial charge in [0.1, 0.15) is 35.7 Å².